The highest BCUT2D eigenvalue weighted by atomic mass is 127. The number of carbonyl (C=O) groups is 1. The number of guanidine groups is 1. The molecule has 1 aliphatic rings. The fraction of sp³-hybridized carbons (Fsp3) is 0.500. The molecule has 5 nitrogen and oxygen atoms in total. The lowest BCUT2D eigenvalue weighted by atomic mass is 10.3. The topological polar surface area (TPSA) is 56.7 Å². The Labute approximate surface area is 163 Å². The van der Waals surface area contributed by atoms with Crippen LogP contribution in [0.25, 0.3) is 0 Å². The number of nitrogens with one attached hydrogen (secondary N) is 2. The maximum Gasteiger partial charge on any atom is 0.226 e. The Hall–Kier alpha value is -0.830. The van der Waals surface area contributed by atoms with Crippen molar-refractivity contribution >= 4 is 57.5 Å². The predicted molar refractivity (Wildman–Crippen MR) is 110 cm³/mol. The molecule has 0 radical (unpaired) electrons. The molecule has 0 aromatic heterocycles. The fourth-order valence-corrected chi connectivity index (χ4v) is 2.64. The van der Waals surface area contributed by atoms with Gasteiger partial charge in [0, 0.05) is 36.2 Å². The lowest BCUT2D eigenvalue weighted by Crippen LogP contribution is -2.39. The predicted octanol–water partition coefficient (Wildman–Crippen LogP) is 3.46. The normalized spacial score (nSPS) is 14.3. The van der Waals surface area contributed by atoms with Crippen LogP contribution in [0.3, 0.4) is 0 Å². The summed E-state index contributed by atoms with van der Waals surface area (Å²) in [5.41, 5.74) is 0.809. The van der Waals surface area contributed by atoms with Crippen LogP contribution in [0.1, 0.15) is 26.2 Å². The van der Waals surface area contributed by atoms with Crippen LogP contribution in [0.5, 0.6) is 0 Å². The molecule has 0 aliphatic carbocycles. The zero-order valence-corrected chi connectivity index (χ0v) is 17.3. The molecule has 1 aliphatic heterocycles. The Balaban J connectivity index is 0.00000264. The van der Waals surface area contributed by atoms with Crippen molar-refractivity contribution in [3.05, 3.63) is 28.7 Å². The number of benzene rings is 1. The van der Waals surface area contributed by atoms with E-state index in [-0.39, 0.29) is 29.9 Å². The summed E-state index contributed by atoms with van der Waals surface area (Å²) in [5.74, 6) is 0.916. The smallest absolute Gasteiger partial charge is 0.226 e. The fourth-order valence-electron chi connectivity index (χ4n) is 2.37. The number of halogens is 2. The average molecular weight is 495 g/mol. The highest BCUT2D eigenvalue weighted by molar-refractivity contribution is 14.0. The number of hydrogen-bond donors (Lipinski definition) is 2. The van der Waals surface area contributed by atoms with Crippen molar-refractivity contribution in [3.63, 3.8) is 0 Å². The first kappa shape index (κ1) is 20.2. The summed E-state index contributed by atoms with van der Waals surface area (Å²) in [6.07, 6.45) is 2.82. The summed E-state index contributed by atoms with van der Waals surface area (Å²) in [4.78, 5) is 18.7. The molecule has 1 fully saturated rings. The number of aliphatic imine (C=N–C) groups is 1. The molecule has 0 unspecified atom stereocenters. The highest BCUT2D eigenvalue weighted by Crippen LogP contribution is 2.14. The maximum absolute atomic E-state index is 11.9. The van der Waals surface area contributed by atoms with Crippen LogP contribution in [0.2, 0.25) is 0 Å². The summed E-state index contributed by atoms with van der Waals surface area (Å²) < 4.78 is 0.996. The molecule has 1 amide bonds. The van der Waals surface area contributed by atoms with Crippen molar-refractivity contribution < 1.29 is 4.79 Å². The van der Waals surface area contributed by atoms with Gasteiger partial charge in [-0.15, -0.1) is 24.0 Å². The summed E-state index contributed by atoms with van der Waals surface area (Å²) in [7, 11) is 0. The van der Waals surface area contributed by atoms with Crippen LogP contribution in [0.15, 0.2) is 33.7 Å². The molecule has 1 heterocycles. The first-order valence-corrected chi connectivity index (χ1v) is 8.57. The van der Waals surface area contributed by atoms with Gasteiger partial charge in [-0.1, -0.05) is 15.9 Å². The molecule has 0 bridgehead atoms. The molecule has 0 saturated carbocycles. The molecule has 1 saturated heterocycles. The van der Waals surface area contributed by atoms with Gasteiger partial charge in [-0.05, 0) is 44.0 Å². The van der Waals surface area contributed by atoms with E-state index < -0.39 is 0 Å². The zero-order chi connectivity index (χ0) is 15.8. The standard InChI is InChI=1S/C16H23BrN4O.HI/c1-2-18-16(21-11-3-4-12-21)19-10-9-15(22)20-14-7-5-13(17)6-8-14;/h5-8H,2-4,9-12H2,1H3,(H,18,19)(H,20,22);1H. The van der Waals surface area contributed by atoms with Gasteiger partial charge in [0.05, 0.1) is 6.54 Å². The average Bonchev–Trinajstić information content (AvgIpc) is 3.03. The Morgan fingerprint density at radius 3 is 2.52 bits per heavy atom. The van der Waals surface area contributed by atoms with E-state index in [4.69, 9.17) is 0 Å². The second-order valence-electron chi connectivity index (χ2n) is 5.23. The van der Waals surface area contributed by atoms with Gasteiger partial charge >= 0.3 is 0 Å². The molecule has 23 heavy (non-hydrogen) atoms. The molecule has 7 heteroatoms. The largest absolute Gasteiger partial charge is 0.357 e. The second-order valence-corrected chi connectivity index (χ2v) is 6.15. The minimum atomic E-state index is -0.0108. The van der Waals surface area contributed by atoms with Gasteiger partial charge in [0.25, 0.3) is 0 Å². The number of likely N-dealkylation sites (tertiary alicyclic amines) is 1. The molecular weight excluding hydrogens is 471 g/mol. The molecule has 128 valence electrons. The lowest BCUT2D eigenvalue weighted by Gasteiger charge is -2.20. The molecule has 1 aromatic rings. The van der Waals surface area contributed by atoms with E-state index in [1.165, 1.54) is 12.8 Å². The summed E-state index contributed by atoms with van der Waals surface area (Å²) >= 11 is 3.37. The van der Waals surface area contributed by atoms with Crippen LogP contribution in [-0.2, 0) is 4.79 Å². The Morgan fingerprint density at radius 1 is 1.26 bits per heavy atom. The first-order chi connectivity index (χ1) is 10.7. The van der Waals surface area contributed by atoms with E-state index in [1.807, 2.05) is 24.3 Å². The SMILES string of the molecule is CCNC(=NCCC(=O)Nc1ccc(Br)cc1)N1CCCC1.I. The first-order valence-electron chi connectivity index (χ1n) is 7.77. The number of nitrogens with zero attached hydrogens (tertiary/aromatic N) is 2. The van der Waals surface area contributed by atoms with Crippen molar-refractivity contribution in [2.75, 3.05) is 31.5 Å². The third-order valence-electron chi connectivity index (χ3n) is 3.47. The number of hydrogen-bond acceptors (Lipinski definition) is 2. The van der Waals surface area contributed by atoms with Crippen LogP contribution in [-0.4, -0.2) is 42.9 Å². The van der Waals surface area contributed by atoms with E-state index in [2.05, 4.69) is 43.4 Å². The van der Waals surface area contributed by atoms with Gasteiger partial charge in [0.1, 0.15) is 0 Å². The Kier molecular flexibility index (Phi) is 9.54. The summed E-state index contributed by atoms with van der Waals surface area (Å²) in [6.45, 7) is 5.52. The molecular formula is C16H24BrIN4O. The maximum atomic E-state index is 11.9. The van der Waals surface area contributed by atoms with Crippen molar-refractivity contribution in [3.8, 4) is 0 Å². The summed E-state index contributed by atoms with van der Waals surface area (Å²) in [6, 6.07) is 7.56. The van der Waals surface area contributed by atoms with Gasteiger partial charge in [-0.2, -0.15) is 0 Å². The molecule has 1 aromatic carbocycles. The van der Waals surface area contributed by atoms with Gasteiger partial charge < -0.3 is 15.5 Å². The van der Waals surface area contributed by atoms with Gasteiger partial charge in [0.15, 0.2) is 5.96 Å². The highest BCUT2D eigenvalue weighted by Gasteiger charge is 2.15. The molecule has 0 atom stereocenters. The van der Waals surface area contributed by atoms with E-state index in [1.54, 1.807) is 0 Å². The second kappa shape index (κ2) is 10.9. The van der Waals surface area contributed by atoms with E-state index in [0.717, 1.165) is 35.8 Å². The van der Waals surface area contributed by atoms with Crippen molar-refractivity contribution in [1.82, 2.24) is 10.2 Å². The molecule has 2 rings (SSSR count). The third-order valence-corrected chi connectivity index (χ3v) is 4.00. The number of carbonyl (C=O) groups excluding carboxylic acids is 1. The number of anilines is 1. The van der Waals surface area contributed by atoms with Gasteiger partial charge in [-0.25, -0.2) is 0 Å². The van der Waals surface area contributed by atoms with E-state index >= 15 is 0 Å². The van der Waals surface area contributed by atoms with Crippen LogP contribution in [0.4, 0.5) is 5.69 Å². The minimum absolute atomic E-state index is 0. The van der Waals surface area contributed by atoms with Crippen LogP contribution < -0.4 is 10.6 Å². The Bertz CT molecular complexity index is 515. The van der Waals surface area contributed by atoms with Crippen molar-refractivity contribution in [1.29, 1.82) is 0 Å². The van der Waals surface area contributed by atoms with Gasteiger partial charge in [0.2, 0.25) is 5.91 Å². The molecule has 2 N–H and O–H groups in total. The third kappa shape index (κ3) is 7.07. The van der Waals surface area contributed by atoms with E-state index in [9.17, 15) is 4.79 Å². The lowest BCUT2D eigenvalue weighted by molar-refractivity contribution is -0.116. The minimum Gasteiger partial charge on any atom is -0.357 e. The number of rotatable bonds is 5. The van der Waals surface area contributed by atoms with Crippen molar-refractivity contribution in [2.24, 2.45) is 4.99 Å². The van der Waals surface area contributed by atoms with E-state index in [0.29, 0.717) is 13.0 Å². The van der Waals surface area contributed by atoms with Crippen molar-refractivity contribution in [2.45, 2.75) is 26.2 Å². The Morgan fingerprint density at radius 2 is 1.91 bits per heavy atom. The monoisotopic (exact) mass is 494 g/mol. The zero-order valence-electron chi connectivity index (χ0n) is 13.3. The van der Waals surface area contributed by atoms with Crippen LogP contribution >= 0.6 is 39.9 Å². The number of amides is 1. The van der Waals surface area contributed by atoms with Crippen LogP contribution in [0, 0.1) is 0 Å². The summed E-state index contributed by atoms with van der Waals surface area (Å²) in [5, 5.41) is 6.17. The van der Waals surface area contributed by atoms with Gasteiger partial charge in [-0.3, -0.25) is 9.79 Å². The molecule has 0 spiro atoms. The quantitative estimate of drug-likeness (QED) is 0.374.